The van der Waals surface area contributed by atoms with Crippen LogP contribution >= 0.6 is 0 Å². The predicted molar refractivity (Wildman–Crippen MR) is 64.9 cm³/mol. The molecule has 0 bridgehead atoms. The van der Waals surface area contributed by atoms with Crippen LogP contribution in [0.3, 0.4) is 0 Å². The number of hydrogen-bond donors (Lipinski definition) is 1. The highest BCUT2D eigenvalue weighted by atomic mass is 19.1. The molecule has 0 aliphatic heterocycles. The van der Waals surface area contributed by atoms with Crippen molar-refractivity contribution in [1.82, 2.24) is 5.32 Å². The van der Waals surface area contributed by atoms with Crippen LogP contribution in [0.5, 0.6) is 0 Å². The van der Waals surface area contributed by atoms with Crippen LogP contribution in [-0.2, 0) is 6.42 Å². The summed E-state index contributed by atoms with van der Waals surface area (Å²) in [6.45, 7) is 0. The van der Waals surface area contributed by atoms with E-state index in [-0.39, 0.29) is 5.82 Å². The second kappa shape index (κ2) is 5.26. The molecule has 0 aromatic heterocycles. The smallest absolute Gasteiger partial charge is 0.123 e. The Morgan fingerprint density at radius 1 is 1.44 bits per heavy atom. The third-order valence-corrected chi connectivity index (χ3v) is 3.20. The van der Waals surface area contributed by atoms with Gasteiger partial charge in [-0.3, -0.25) is 0 Å². The van der Waals surface area contributed by atoms with Crippen molar-refractivity contribution in [2.75, 3.05) is 7.05 Å². The lowest BCUT2D eigenvalue weighted by Crippen LogP contribution is -2.29. The van der Waals surface area contributed by atoms with E-state index < -0.39 is 0 Å². The summed E-state index contributed by atoms with van der Waals surface area (Å²) in [5, 5.41) is 3.32. The molecule has 2 heteroatoms. The topological polar surface area (TPSA) is 12.0 Å². The summed E-state index contributed by atoms with van der Waals surface area (Å²) in [5.41, 5.74) is 2.54. The van der Waals surface area contributed by atoms with Crippen molar-refractivity contribution in [1.29, 1.82) is 0 Å². The molecule has 1 nitrogen and oxygen atoms in total. The molecule has 1 unspecified atom stereocenters. The van der Waals surface area contributed by atoms with Crippen molar-refractivity contribution in [2.24, 2.45) is 0 Å². The molecule has 1 aromatic rings. The van der Waals surface area contributed by atoms with Gasteiger partial charge in [0.1, 0.15) is 5.82 Å². The van der Waals surface area contributed by atoms with Gasteiger partial charge in [-0.25, -0.2) is 4.39 Å². The first-order valence-corrected chi connectivity index (χ1v) is 5.90. The molecule has 0 heterocycles. The summed E-state index contributed by atoms with van der Waals surface area (Å²) >= 11 is 0. The van der Waals surface area contributed by atoms with E-state index in [4.69, 9.17) is 0 Å². The molecule has 0 spiro atoms. The predicted octanol–water partition coefficient (Wildman–Crippen LogP) is 3.07. The molecule has 0 saturated heterocycles. The van der Waals surface area contributed by atoms with Crippen LogP contribution in [0.15, 0.2) is 35.9 Å². The Morgan fingerprint density at radius 2 is 2.31 bits per heavy atom. The molecule has 0 amide bonds. The van der Waals surface area contributed by atoms with Crippen LogP contribution in [0.4, 0.5) is 4.39 Å². The van der Waals surface area contributed by atoms with Crippen molar-refractivity contribution in [3.05, 3.63) is 47.3 Å². The van der Waals surface area contributed by atoms with E-state index in [9.17, 15) is 4.39 Å². The molecule has 2 rings (SSSR count). The van der Waals surface area contributed by atoms with Crippen molar-refractivity contribution in [2.45, 2.75) is 31.7 Å². The fourth-order valence-electron chi connectivity index (χ4n) is 2.33. The molecule has 1 aliphatic carbocycles. The van der Waals surface area contributed by atoms with E-state index in [0.29, 0.717) is 6.04 Å². The molecule has 16 heavy (non-hydrogen) atoms. The summed E-state index contributed by atoms with van der Waals surface area (Å²) < 4.78 is 13.1. The van der Waals surface area contributed by atoms with Gasteiger partial charge in [0.15, 0.2) is 0 Å². The van der Waals surface area contributed by atoms with Gasteiger partial charge >= 0.3 is 0 Å². The van der Waals surface area contributed by atoms with Gasteiger partial charge in [0.25, 0.3) is 0 Å². The standard InChI is InChI=1S/C14H18FN/c1-16-14(12-6-2-3-7-12)10-11-5-4-8-13(15)9-11/h4-6,8-9,14,16H,2-3,7,10H2,1H3. The molecule has 1 atom stereocenters. The zero-order valence-corrected chi connectivity index (χ0v) is 9.67. The van der Waals surface area contributed by atoms with E-state index in [1.54, 1.807) is 12.1 Å². The van der Waals surface area contributed by atoms with Gasteiger partial charge in [-0.1, -0.05) is 23.8 Å². The van der Waals surface area contributed by atoms with Crippen LogP contribution < -0.4 is 5.32 Å². The Bertz CT molecular complexity index is 384. The summed E-state index contributed by atoms with van der Waals surface area (Å²) in [6.07, 6.45) is 6.83. The molecule has 0 fully saturated rings. The van der Waals surface area contributed by atoms with E-state index in [2.05, 4.69) is 11.4 Å². The number of benzene rings is 1. The quantitative estimate of drug-likeness (QED) is 0.767. The average molecular weight is 219 g/mol. The lowest BCUT2D eigenvalue weighted by atomic mass is 9.98. The van der Waals surface area contributed by atoms with Gasteiger partial charge in [-0.15, -0.1) is 0 Å². The molecule has 0 radical (unpaired) electrons. The number of halogens is 1. The van der Waals surface area contributed by atoms with Gasteiger partial charge in [-0.05, 0) is 50.4 Å². The van der Waals surface area contributed by atoms with Crippen molar-refractivity contribution in [3.63, 3.8) is 0 Å². The van der Waals surface area contributed by atoms with E-state index >= 15 is 0 Å². The van der Waals surface area contributed by atoms with Crippen LogP contribution in [-0.4, -0.2) is 13.1 Å². The molecule has 1 aromatic carbocycles. The zero-order chi connectivity index (χ0) is 11.4. The molecular formula is C14H18FN. The number of nitrogens with one attached hydrogen (secondary N) is 1. The normalized spacial score (nSPS) is 17.2. The largest absolute Gasteiger partial charge is 0.313 e. The Labute approximate surface area is 96.4 Å². The summed E-state index contributed by atoms with van der Waals surface area (Å²) in [7, 11) is 1.98. The van der Waals surface area contributed by atoms with Gasteiger partial charge in [0.2, 0.25) is 0 Å². The second-order valence-corrected chi connectivity index (χ2v) is 4.35. The van der Waals surface area contributed by atoms with Crippen LogP contribution in [0.2, 0.25) is 0 Å². The van der Waals surface area contributed by atoms with Crippen LogP contribution in [0.1, 0.15) is 24.8 Å². The number of hydrogen-bond acceptors (Lipinski definition) is 1. The molecular weight excluding hydrogens is 201 g/mol. The third-order valence-electron chi connectivity index (χ3n) is 3.20. The van der Waals surface area contributed by atoms with E-state index in [0.717, 1.165) is 12.0 Å². The lowest BCUT2D eigenvalue weighted by molar-refractivity contribution is 0.602. The highest BCUT2D eigenvalue weighted by Gasteiger charge is 2.15. The number of allylic oxidation sites excluding steroid dienone is 1. The monoisotopic (exact) mass is 219 g/mol. The lowest BCUT2D eigenvalue weighted by Gasteiger charge is -2.17. The van der Waals surface area contributed by atoms with E-state index in [1.165, 1.54) is 30.9 Å². The first-order valence-electron chi connectivity index (χ1n) is 5.90. The summed E-state index contributed by atoms with van der Waals surface area (Å²) in [4.78, 5) is 0. The fraction of sp³-hybridized carbons (Fsp3) is 0.429. The Balaban J connectivity index is 2.06. The third kappa shape index (κ3) is 2.70. The van der Waals surface area contributed by atoms with Crippen LogP contribution in [0, 0.1) is 5.82 Å². The maximum atomic E-state index is 13.1. The molecule has 1 N–H and O–H groups in total. The van der Waals surface area contributed by atoms with Crippen LogP contribution in [0.25, 0.3) is 0 Å². The first-order chi connectivity index (χ1) is 7.79. The van der Waals surface area contributed by atoms with Gasteiger partial charge in [0, 0.05) is 6.04 Å². The number of likely N-dealkylation sites (N-methyl/N-ethyl adjacent to an activating group) is 1. The Morgan fingerprint density at radius 3 is 2.94 bits per heavy atom. The minimum Gasteiger partial charge on any atom is -0.313 e. The number of rotatable bonds is 4. The molecule has 86 valence electrons. The Hall–Kier alpha value is -1.15. The Kier molecular flexibility index (Phi) is 3.73. The minimum absolute atomic E-state index is 0.146. The maximum absolute atomic E-state index is 13.1. The fourth-order valence-corrected chi connectivity index (χ4v) is 2.33. The van der Waals surface area contributed by atoms with Crippen molar-refractivity contribution in [3.8, 4) is 0 Å². The van der Waals surface area contributed by atoms with Crippen molar-refractivity contribution >= 4 is 0 Å². The SMILES string of the molecule is CNC(Cc1cccc(F)c1)C1=CCCC1. The van der Waals surface area contributed by atoms with Gasteiger partial charge < -0.3 is 5.32 Å². The highest BCUT2D eigenvalue weighted by Crippen LogP contribution is 2.23. The minimum atomic E-state index is -0.146. The first kappa shape index (κ1) is 11.3. The highest BCUT2D eigenvalue weighted by molar-refractivity contribution is 5.23. The maximum Gasteiger partial charge on any atom is 0.123 e. The zero-order valence-electron chi connectivity index (χ0n) is 9.67. The summed E-state index contributed by atoms with van der Waals surface area (Å²) in [5.74, 6) is -0.146. The average Bonchev–Trinajstić information content (AvgIpc) is 2.79. The van der Waals surface area contributed by atoms with Gasteiger partial charge in [0.05, 0.1) is 0 Å². The molecule has 1 aliphatic rings. The second-order valence-electron chi connectivity index (χ2n) is 4.35. The molecule has 0 saturated carbocycles. The van der Waals surface area contributed by atoms with Crippen molar-refractivity contribution < 1.29 is 4.39 Å². The summed E-state index contributed by atoms with van der Waals surface area (Å²) in [6, 6.07) is 7.25. The van der Waals surface area contributed by atoms with Gasteiger partial charge in [-0.2, -0.15) is 0 Å². The van der Waals surface area contributed by atoms with E-state index in [1.807, 2.05) is 13.1 Å².